The van der Waals surface area contributed by atoms with Gasteiger partial charge in [0.15, 0.2) is 0 Å². The SMILES string of the molecule is CC(C)CC(=O)NCC1CCCc2nc3c(c(=O)n21)CN(C(=O)Cc1ccccn1)CC3. The van der Waals surface area contributed by atoms with Gasteiger partial charge in [0, 0.05) is 44.2 Å². The van der Waals surface area contributed by atoms with Crippen molar-refractivity contribution in [3.63, 3.8) is 0 Å². The molecule has 2 aromatic rings. The minimum absolute atomic E-state index is 0.0115. The van der Waals surface area contributed by atoms with E-state index in [4.69, 9.17) is 4.98 Å². The molecule has 4 heterocycles. The lowest BCUT2D eigenvalue weighted by molar-refractivity contribution is -0.131. The monoisotopic (exact) mass is 437 g/mol. The lowest BCUT2D eigenvalue weighted by Gasteiger charge is -2.32. The molecule has 8 heteroatoms. The Hall–Kier alpha value is -3.03. The van der Waals surface area contributed by atoms with Crippen molar-refractivity contribution in [1.82, 2.24) is 24.8 Å². The summed E-state index contributed by atoms with van der Waals surface area (Å²) in [6, 6.07) is 5.42. The Morgan fingerprint density at radius 3 is 2.84 bits per heavy atom. The predicted octanol–water partition coefficient (Wildman–Crippen LogP) is 1.81. The standard InChI is InChI=1S/C24H31N5O3/c1-16(2)12-22(30)26-14-18-7-5-8-21-27-20-9-11-28(15-19(20)24(32)29(18)21)23(31)13-17-6-3-4-10-25-17/h3-4,6,10,16,18H,5,7-9,11-15H2,1-2H3,(H,26,30). The summed E-state index contributed by atoms with van der Waals surface area (Å²) >= 11 is 0. The molecule has 2 amide bonds. The van der Waals surface area contributed by atoms with E-state index in [0.717, 1.165) is 36.5 Å². The zero-order valence-electron chi connectivity index (χ0n) is 18.8. The molecule has 0 saturated carbocycles. The first kappa shape index (κ1) is 22.2. The zero-order chi connectivity index (χ0) is 22.7. The number of carbonyl (C=O) groups excluding carboxylic acids is 2. The smallest absolute Gasteiger partial charge is 0.259 e. The van der Waals surface area contributed by atoms with Gasteiger partial charge in [-0.1, -0.05) is 19.9 Å². The first-order valence-corrected chi connectivity index (χ1v) is 11.5. The number of carbonyl (C=O) groups is 2. The second kappa shape index (κ2) is 9.63. The van der Waals surface area contributed by atoms with Gasteiger partial charge in [0.25, 0.3) is 5.56 Å². The molecule has 2 aromatic heterocycles. The second-order valence-corrected chi connectivity index (χ2v) is 9.14. The highest BCUT2D eigenvalue weighted by molar-refractivity contribution is 5.78. The van der Waals surface area contributed by atoms with Crippen LogP contribution in [0.2, 0.25) is 0 Å². The van der Waals surface area contributed by atoms with Crippen LogP contribution < -0.4 is 10.9 Å². The zero-order valence-corrected chi connectivity index (χ0v) is 18.8. The molecule has 8 nitrogen and oxygen atoms in total. The minimum atomic E-state index is -0.0974. The maximum absolute atomic E-state index is 13.5. The molecule has 1 atom stereocenters. The van der Waals surface area contributed by atoms with Crippen molar-refractivity contribution in [3.8, 4) is 0 Å². The molecule has 32 heavy (non-hydrogen) atoms. The highest BCUT2D eigenvalue weighted by Gasteiger charge is 2.30. The topological polar surface area (TPSA) is 97.2 Å². The molecule has 0 aliphatic carbocycles. The fraction of sp³-hybridized carbons (Fsp3) is 0.542. The van der Waals surface area contributed by atoms with E-state index in [1.165, 1.54) is 0 Å². The molecule has 0 fully saturated rings. The van der Waals surface area contributed by atoms with E-state index in [0.29, 0.717) is 37.4 Å². The number of pyridine rings is 1. The highest BCUT2D eigenvalue weighted by atomic mass is 16.2. The van der Waals surface area contributed by atoms with Gasteiger partial charge >= 0.3 is 0 Å². The summed E-state index contributed by atoms with van der Waals surface area (Å²) in [6.45, 7) is 5.29. The molecule has 0 spiro atoms. The Labute approximate surface area is 188 Å². The van der Waals surface area contributed by atoms with Crippen LogP contribution in [0.3, 0.4) is 0 Å². The van der Waals surface area contributed by atoms with Crippen LogP contribution in [-0.4, -0.2) is 44.3 Å². The Morgan fingerprint density at radius 1 is 1.25 bits per heavy atom. The van der Waals surface area contributed by atoms with E-state index >= 15 is 0 Å². The Kier molecular flexibility index (Phi) is 6.67. The maximum Gasteiger partial charge on any atom is 0.259 e. The van der Waals surface area contributed by atoms with Crippen molar-refractivity contribution in [2.45, 2.75) is 65.0 Å². The molecule has 170 valence electrons. The van der Waals surface area contributed by atoms with E-state index in [2.05, 4.69) is 10.3 Å². The molecule has 0 saturated heterocycles. The Morgan fingerprint density at radius 2 is 2.09 bits per heavy atom. The summed E-state index contributed by atoms with van der Waals surface area (Å²) in [6.07, 6.45) is 5.51. The van der Waals surface area contributed by atoms with E-state index in [9.17, 15) is 14.4 Å². The molecule has 1 N–H and O–H groups in total. The fourth-order valence-corrected chi connectivity index (χ4v) is 4.57. The van der Waals surface area contributed by atoms with Crippen molar-refractivity contribution in [2.75, 3.05) is 13.1 Å². The molecular formula is C24H31N5O3. The summed E-state index contributed by atoms with van der Waals surface area (Å²) in [5.74, 6) is 1.07. The summed E-state index contributed by atoms with van der Waals surface area (Å²) in [5.41, 5.74) is 2.08. The van der Waals surface area contributed by atoms with E-state index < -0.39 is 0 Å². The molecular weight excluding hydrogens is 406 g/mol. The normalized spacial score (nSPS) is 17.6. The lowest BCUT2D eigenvalue weighted by Crippen LogP contribution is -2.45. The average Bonchev–Trinajstić information content (AvgIpc) is 2.77. The van der Waals surface area contributed by atoms with Gasteiger partial charge in [-0.2, -0.15) is 0 Å². The number of rotatable bonds is 6. The quantitative estimate of drug-likeness (QED) is 0.743. The van der Waals surface area contributed by atoms with Crippen LogP contribution in [-0.2, 0) is 35.4 Å². The largest absolute Gasteiger partial charge is 0.354 e. The van der Waals surface area contributed by atoms with Crippen molar-refractivity contribution < 1.29 is 9.59 Å². The number of fused-ring (bicyclic) bond motifs is 2. The number of hydrogen-bond acceptors (Lipinski definition) is 5. The summed E-state index contributed by atoms with van der Waals surface area (Å²) in [5, 5.41) is 2.99. The molecule has 2 aliphatic rings. The summed E-state index contributed by atoms with van der Waals surface area (Å²) in [7, 11) is 0. The fourth-order valence-electron chi connectivity index (χ4n) is 4.57. The van der Waals surface area contributed by atoms with Crippen molar-refractivity contribution in [3.05, 3.63) is 57.5 Å². The van der Waals surface area contributed by atoms with Crippen LogP contribution in [0.4, 0.5) is 0 Å². The van der Waals surface area contributed by atoms with Crippen molar-refractivity contribution in [2.24, 2.45) is 5.92 Å². The summed E-state index contributed by atoms with van der Waals surface area (Å²) < 4.78 is 1.77. The van der Waals surface area contributed by atoms with Crippen LogP contribution in [0.1, 0.15) is 61.9 Å². The van der Waals surface area contributed by atoms with Gasteiger partial charge < -0.3 is 10.2 Å². The van der Waals surface area contributed by atoms with Crippen LogP contribution in [0.25, 0.3) is 0 Å². The van der Waals surface area contributed by atoms with Gasteiger partial charge in [-0.25, -0.2) is 4.98 Å². The van der Waals surface area contributed by atoms with Crippen LogP contribution in [0.15, 0.2) is 29.2 Å². The number of amides is 2. The molecule has 4 rings (SSSR count). The van der Waals surface area contributed by atoms with Gasteiger partial charge in [0.2, 0.25) is 11.8 Å². The number of aromatic nitrogens is 3. The van der Waals surface area contributed by atoms with Crippen molar-refractivity contribution in [1.29, 1.82) is 0 Å². The molecule has 0 bridgehead atoms. The third kappa shape index (κ3) is 4.89. The van der Waals surface area contributed by atoms with Gasteiger partial charge in [0.05, 0.1) is 30.3 Å². The maximum atomic E-state index is 13.5. The van der Waals surface area contributed by atoms with E-state index in [1.807, 2.05) is 32.0 Å². The number of nitrogens with one attached hydrogen (secondary N) is 1. The summed E-state index contributed by atoms with van der Waals surface area (Å²) in [4.78, 5) is 49.2. The third-order valence-electron chi connectivity index (χ3n) is 6.18. The van der Waals surface area contributed by atoms with Crippen LogP contribution >= 0.6 is 0 Å². The second-order valence-electron chi connectivity index (χ2n) is 9.14. The first-order valence-electron chi connectivity index (χ1n) is 11.5. The molecule has 0 aromatic carbocycles. The average molecular weight is 438 g/mol. The highest BCUT2D eigenvalue weighted by Crippen LogP contribution is 2.24. The number of nitrogens with zero attached hydrogens (tertiary/aromatic N) is 4. The van der Waals surface area contributed by atoms with Crippen LogP contribution in [0, 0.1) is 5.92 Å². The van der Waals surface area contributed by atoms with Gasteiger partial charge in [-0.15, -0.1) is 0 Å². The van der Waals surface area contributed by atoms with Gasteiger partial charge in [0.1, 0.15) is 5.82 Å². The van der Waals surface area contributed by atoms with Gasteiger partial charge in [-0.05, 0) is 30.9 Å². The van der Waals surface area contributed by atoms with Gasteiger partial charge in [-0.3, -0.25) is 23.9 Å². The Balaban J connectivity index is 1.52. The first-order chi connectivity index (χ1) is 15.4. The minimum Gasteiger partial charge on any atom is -0.354 e. The van der Waals surface area contributed by atoms with E-state index in [-0.39, 0.29) is 36.4 Å². The number of aryl methyl sites for hydroxylation is 1. The third-order valence-corrected chi connectivity index (χ3v) is 6.18. The lowest BCUT2D eigenvalue weighted by atomic mass is 10.00. The van der Waals surface area contributed by atoms with E-state index in [1.54, 1.807) is 15.7 Å². The molecule has 1 unspecified atom stereocenters. The molecule has 2 aliphatic heterocycles. The van der Waals surface area contributed by atoms with Crippen molar-refractivity contribution >= 4 is 11.8 Å². The number of hydrogen-bond donors (Lipinski definition) is 1. The predicted molar refractivity (Wildman–Crippen MR) is 120 cm³/mol. The van der Waals surface area contributed by atoms with Crippen LogP contribution in [0.5, 0.6) is 0 Å². The molecule has 0 radical (unpaired) electrons. The Bertz CT molecular complexity index is 1050.